The molecule has 0 aliphatic carbocycles. The van der Waals surface area contributed by atoms with Gasteiger partial charge < -0.3 is 10.2 Å². The Kier molecular flexibility index (Phi) is 4.29. The molecule has 0 aromatic heterocycles. The second kappa shape index (κ2) is 5.32. The van der Waals surface area contributed by atoms with Crippen LogP contribution in [0.5, 0.6) is 0 Å². The lowest BCUT2D eigenvalue weighted by Gasteiger charge is -2.24. The number of benzene rings is 1. The van der Waals surface area contributed by atoms with Gasteiger partial charge in [0.05, 0.1) is 6.54 Å². The first-order valence-electron chi connectivity index (χ1n) is 5.88. The second-order valence-corrected chi connectivity index (χ2v) is 4.59. The largest absolute Gasteiger partial charge is 0.314 e. The fourth-order valence-corrected chi connectivity index (χ4v) is 2.09. The molecule has 3 nitrogen and oxygen atoms in total. The Morgan fingerprint density at radius 1 is 1.18 bits per heavy atom. The number of nitrogens with zero attached hydrogens (tertiary/aromatic N) is 1. The van der Waals surface area contributed by atoms with Gasteiger partial charge in [0.25, 0.3) is 0 Å². The van der Waals surface area contributed by atoms with Gasteiger partial charge in [-0.05, 0) is 57.0 Å². The number of carbonyl (C=O) groups is 1. The van der Waals surface area contributed by atoms with Gasteiger partial charge in [0, 0.05) is 12.7 Å². The monoisotopic (exact) mass is 234 g/mol. The number of amides is 1. The molecule has 0 aliphatic heterocycles. The summed E-state index contributed by atoms with van der Waals surface area (Å²) in [6.45, 7) is 8.67. The van der Waals surface area contributed by atoms with Gasteiger partial charge in [-0.25, -0.2) is 0 Å². The minimum absolute atomic E-state index is 0.0868. The van der Waals surface area contributed by atoms with E-state index in [1.165, 1.54) is 22.3 Å². The van der Waals surface area contributed by atoms with Crippen molar-refractivity contribution >= 4 is 11.6 Å². The molecule has 17 heavy (non-hydrogen) atoms. The van der Waals surface area contributed by atoms with Crippen LogP contribution in [0.2, 0.25) is 0 Å². The topological polar surface area (TPSA) is 32.3 Å². The number of rotatable bonds is 3. The van der Waals surface area contributed by atoms with Crippen molar-refractivity contribution in [2.45, 2.75) is 27.7 Å². The summed E-state index contributed by atoms with van der Waals surface area (Å²) in [5.74, 6) is 0.0868. The molecule has 0 spiro atoms. The summed E-state index contributed by atoms with van der Waals surface area (Å²) in [5, 5.41) is 2.90. The maximum Gasteiger partial charge on any atom is 0.240 e. The minimum atomic E-state index is 0.0868. The van der Waals surface area contributed by atoms with Crippen LogP contribution in [0.4, 0.5) is 5.69 Å². The molecule has 1 amide bonds. The third-order valence-corrected chi connectivity index (χ3v) is 3.36. The summed E-state index contributed by atoms with van der Waals surface area (Å²) >= 11 is 0. The number of carbonyl (C=O) groups excluding carboxylic acids is 1. The van der Waals surface area contributed by atoms with E-state index < -0.39 is 0 Å². The molecule has 0 fully saturated rings. The molecule has 94 valence electrons. The van der Waals surface area contributed by atoms with Gasteiger partial charge in [-0.3, -0.25) is 4.79 Å². The van der Waals surface area contributed by atoms with Crippen LogP contribution in [0.25, 0.3) is 0 Å². The van der Waals surface area contributed by atoms with Crippen molar-refractivity contribution in [1.29, 1.82) is 0 Å². The number of aryl methyl sites for hydroxylation is 2. The molecule has 0 radical (unpaired) electrons. The molecule has 0 heterocycles. The molecule has 0 bridgehead atoms. The van der Waals surface area contributed by atoms with Crippen LogP contribution < -0.4 is 10.2 Å². The highest BCUT2D eigenvalue weighted by Crippen LogP contribution is 2.29. The van der Waals surface area contributed by atoms with Gasteiger partial charge in [-0.2, -0.15) is 0 Å². The van der Waals surface area contributed by atoms with Gasteiger partial charge in [0.15, 0.2) is 0 Å². The molecule has 3 heteroatoms. The van der Waals surface area contributed by atoms with Crippen molar-refractivity contribution in [3.63, 3.8) is 0 Å². The Morgan fingerprint density at radius 3 is 2.06 bits per heavy atom. The average Bonchev–Trinajstić information content (AvgIpc) is 2.27. The fraction of sp³-hybridized carbons (Fsp3) is 0.500. The molecule has 0 saturated heterocycles. The Morgan fingerprint density at radius 2 is 1.65 bits per heavy atom. The number of likely N-dealkylation sites (N-methyl/N-ethyl adjacent to an activating group) is 2. The van der Waals surface area contributed by atoms with Crippen LogP contribution in [0.1, 0.15) is 22.3 Å². The van der Waals surface area contributed by atoms with E-state index in [2.05, 4.69) is 39.1 Å². The van der Waals surface area contributed by atoms with E-state index in [9.17, 15) is 4.79 Å². The van der Waals surface area contributed by atoms with Crippen LogP contribution in [0.15, 0.2) is 6.07 Å². The lowest BCUT2D eigenvalue weighted by molar-refractivity contribution is -0.117. The Bertz CT molecular complexity index is 412. The molecular formula is C14H22N2O. The lowest BCUT2D eigenvalue weighted by Crippen LogP contribution is -2.35. The zero-order valence-corrected chi connectivity index (χ0v) is 11.6. The molecule has 1 rings (SSSR count). The molecule has 0 aliphatic rings. The van der Waals surface area contributed by atoms with Crippen LogP contribution in [0.3, 0.4) is 0 Å². The quantitative estimate of drug-likeness (QED) is 0.868. The number of nitrogens with one attached hydrogen (secondary N) is 1. The lowest BCUT2D eigenvalue weighted by atomic mass is 9.98. The first-order chi connectivity index (χ1) is 7.90. The Balaban J connectivity index is 3.25. The molecule has 0 saturated carbocycles. The summed E-state index contributed by atoms with van der Waals surface area (Å²) in [4.78, 5) is 13.7. The second-order valence-electron chi connectivity index (χ2n) is 4.59. The van der Waals surface area contributed by atoms with Crippen molar-refractivity contribution in [3.8, 4) is 0 Å². The van der Waals surface area contributed by atoms with Gasteiger partial charge in [-0.15, -0.1) is 0 Å². The smallest absolute Gasteiger partial charge is 0.240 e. The summed E-state index contributed by atoms with van der Waals surface area (Å²) in [6.07, 6.45) is 0. The van der Waals surface area contributed by atoms with E-state index in [1.807, 2.05) is 7.05 Å². The van der Waals surface area contributed by atoms with Crippen molar-refractivity contribution in [3.05, 3.63) is 28.3 Å². The first kappa shape index (κ1) is 13.7. The summed E-state index contributed by atoms with van der Waals surface area (Å²) in [6, 6.07) is 2.17. The minimum Gasteiger partial charge on any atom is -0.314 e. The van der Waals surface area contributed by atoms with E-state index in [1.54, 1.807) is 11.9 Å². The normalized spacial score (nSPS) is 10.5. The molecule has 0 unspecified atom stereocenters. The van der Waals surface area contributed by atoms with Crippen molar-refractivity contribution in [2.75, 3.05) is 25.5 Å². The van der Waals surface area contributed by atoms with Crippen LogP contribution >= 0.6 is 0 Å². The van der Waals surface area contributed by atoms with E-state index in [4.69, 9.17) is 0 Å². The van der Waals surface area contributed by atoms with Crippen LogP contribution in [0, 0.1) is 27.7 Å². The summed E-state index contributed by atoms with van der Waals surface area (Å²) in [5.41, 5.74) is 5.86. The fourth-order valence-electron chi connectivity index (χ4n) is 2.09. The van der Waals surface area contributed by atoms with Gasteiger partial charge in [-0.1, -0.05) is 6.07 Å². The van der Waals surface area contributed by atoms with Gasteiger partial charge in [0.2, 0.25) is 5.91 Å². The predicted octanol–water partition coefficient (Wildman–Crippen LogP) is 2.10. The number of hydrogen-bond acceptors (Lipinski definition) is 2. The zero-order valence-electron chi connectivity index (χ0n) is 11.6. The molecule has 1 aromatic carbocycles. The number of anilines is 1. The Hall–Kier alpha value is -1.35. The molecule has 0 atom stereocenters. The SMILES string of the molecule is CNCC(=O)N(C)c1c(C)c(C)cc(C)c1C. The van der Waals surface area contributed by atoms with E-state index in [-0.39, 0.29) is 5.91 Å². The third kappa shape index (κ3) is 2.67. The zero-order chi connectivity index (χ0) is 13.2. The predicted molar refractivity (Wildman–Crippen MR) is 72.7 cm³/mol. The highest BCUT2D eigenvalue weighted by atomic mass is 16.2. The highest BCUT2D eigenvalue weighted by molar-refractivity contribution is 5.96. The standard InChI is InChI=1S/C14H22N2O/c1-9-7-10(2)12(4)14(11(9)3)16(6)13(17)8-15-5/h7,15H,8H2,1-6H3. The van der Waals surface area contributed by atoms with E-state index >= 15 is 0 Å². The van der Waals surface area contributed by atoms with E-state index in [0.29, 0.717) is 6.54 Å². The maximum atomic E-state index is 11.9. The van der Waals surface area contributed by atoms with Crippen molar-refractivity contribution in [2.24, 2.45) is 0 Å². The summed E-state index contributed by atoms with van der Waals surface area (Å²) < 4.78 is 0. The van der Waals surface area contributed by atoms with Crippen LogP contribution in [-0.2, 0) is 4.79 Å². The number of hydrogen-bond donors (Lipinski definition) is 1. The van der Waals surface area contributed by atoms with Gasteiger partial charge in [0.1, 0.15) is 0 Å². The highest BCUT2D eigenvalue weighted by Gasteiger charge is 2.16. The first-order valence-corrected chi connectivity index (χ1v) is 5.88. The van der Waals surface area contributed by atoms with Crippen molar-refractivity contribution in [1.82, 2.24) is 5.32 Å². The molecular weight excluding hydrogens is 212 g/mol. The third-order valence-electron chi connectivity index (χ3n) is 3.36. The molecule has 1 aromatic rings. The van der Waals surface area contributed by atoms with Crippen molar-refractivity contribution < 1.29 is 4.79 Å². The Labute approximate surface area is 104 Å². The van der Waals surface area contributed by atoms with Gasteiger partial charge >= 0.3 is 0 Å². The van der Waals surface area contributed by atoms with E-state index in [0.717, 1.165) is 5.69 Å². The maximum absolute atomic E-state index is 11.9. The summed E-state index contributed by atoms with van der Waals surface area (Å²) in [7, 11) is 3.63. The average molecular weight is 234 g/mol. The van der Waals surface area contributed by atoms with Crippen LogP contribution in [-0.4, -0.2) is 26.5 Å². The molecule has 1 N–H and O–H groups in total.